The number of hydrogen-bond acceptors (Lipinski definition) is 8. The summed E-state index contributed by atoms with van der Waals surface area (Å²) in [6, 6.07) is 9.24. The Morgan fingerprint density at radius 1 is 1.13 bits per heavy atom. The number of thioether (sulfide) groups is 1. The topological polar surface area (TPSA) is 106 Å². The van der Waals surface area contributed by atoms with Gasteiger partial charge in [-0.05, 0) is 37.3 Å². The van der Waals surface area contributed by atoms with Gasteiger partial charge in [0.1, 0.15) is 11.0 Å². The van der Waals surface area contributed by atoms with Gasteiger partial charge in [-0.1, -0.05) is 51.2 Å². The van der Waals surface area contributed by atoms with Crippen molar-refractivity contribution < 1.29 is 37.0 Å². The van der Waals surface area contributed by atoms with Crippen molar-refractivity contribution in [2.45, 2.75) is 29.3 Å². The molecule has 0 bridgehead atoms. The number of rotatable bonds is 6. The molecule has 0 saturated carbocycles. The van der Waals surface area contributed by atoms with Crippen molar-refractivity contribution in [2.24, 2.45) is 5.92 Å². The number of fused-ring (bicyclic) bond motifs is 2. The van der Waals surface area contributed by atoms with Crippen LogP contribution in [0.5, 0.6) is 5.75 Å². The first-order valence-corrected chi connectivity index (χ1v) is 14.0. The molecule has 0 radical (unpaired) electrons. The van der Waals surface area contributed by atoms with Crippen LogP contribution in [0.1, 0.15) is 28.8 Å². The number of aromatic amines is 1. The minimum atomic E-state index is -4.81. The Morgan fingerprint density at radius 3 is 2.59 bits per heavy atom. The van der Waals surface area contributed by atoms with E-state index in [1.54, 1.807) is 25.1 Å². The van der Waals surface area contributed by atoms with Crippen LogP contribution in [0, 0.1) is 5.92 Å². The molecule has 39 heavy (non-hydrogen) atoms. The average Bonchev–Trinajstić information content (AvgIpc) is 3.37. The normalized spacial score (nSPS) is 20.5. The van der Waals surface area contributed by atoms with Crippen molar-refractivity contribution in [1.29, 1.82) is 0 Å². The lowest BCUT2D eigenvalue weighted by Crippen LogP contribution is -2.33. The zero-order valence-electron chi connectivity index (χ0n) is 19.9. The summed E-state index contributed by atoms with van der Waals surface area (Å²) >= 11 is 5.17. The monoisotopic (exact) mass is 642 g/mol. The predicted octanol–water partition coefficient (Wildman–Crippen LogP) is 4.96. The maximum absolute atomic E-state index is 13.9. The number of aromatic nitrogens is 1. The minimum absolute atomic E-state index is 0.144. The molecule has 2 aliphatic heterocycles. The number of imide groups is 1. The van der Waals surface area contributed by atoms with E-state index < -0.39 is 63.8 Å². The van der Waals surface area contributed by atoms with Crippen molar-refractivity contribution in [3.63, 3.8) is 0 Å². The van der Waals surface area contributed by atoms with Gasteiger partial charge >= 0.3 is 17.0 Å². The van der Waals surface area contributed by atoms with E-state index in [-0.39, 0.29) is 12.4 Å². The molecule has 0 aliphatic carbocycles. The van der Waals surface area contributed by atoms with Gasteiger partial charge in [0.15, 0.2) is 6.61 Å². The van der Waals surface area contributed by atoms with Crippen molar-refractivity contribution >= 4 is 62.5 Å². The summed E-state index contributed by atoms with van der Waals surface area (Å²) in [5.41, 5.74) is -1.29. The molecule has 204 valence electrons. The molecule has 5 rings (SSSR count). The zero-order valence-corrected chi connectivity index (χ0v) is 23.1. The Morgan fingerprint density at radius 2 is 1.87 bits per heavy atom. The summed E-state index contributed by atoms with van der Waals surface area (Å²) in [6.45, 7) is 1.35. The molecule has 1 saturated heterocycles. The summed E-state index contributed by atoms with van der Waals surface area (Å²) in [5, 5.41) is -0.766. The number of halogens is 4. The molecule has 2 aliphatic rings. The van der Waals surface area contributed by atoms with Gasteiger partial charge in [-0.3, -0.25) is 14.4 Å². The molecule has 1 N–H and O–H groups in total. The number of nitrogens with one attached hydrogen (secondary N) is 1. The molecule has 2 aromatic carbocycles. The third-order valence-corrected chi connectivity index (χ3v) is 9.13. The maximum Gasteiger partial charge on any atom is 0.418 e. The minimum Gasteiger partial charge on any atom is -0.482 e. The highest BCUT2D eigenvalue weighted by Gasteiger charge is 2.57. The van der Waals surface area contributed by atoms with Gasteiger partial charge in [-0.15, -0.1) is 0 Å². The van der Waals surface area contributed by atoms with E-state index in [0.29, 0.717) is 24.8 Å². The molecule has 0 unspecified atom stereocenters. The second-order valence-electron chi connectivity index (χ2n) is 8.55. The molecule has 3 heterocycles. The van der Waals surface area contributed by atoms with E-state index in [4.69, 9.17) is 9.47 Å². The van der Waals surface area contributed by atoms with Gasteiger partial charge in [-0.25, -0.2) is 9.69 Å². The first-order chi connectivity index (χ1) is 18.5. The van der Waals surface area contributed by atoms with Crippen LogP contribution < -0.4 is 14.5 Å². The first-order valence-electron chi connectivity index (χ1n) is 11.5. The summed E-state index contributed by atoms with van der Waals surface area (Å²) in [5.74, 6) is -4.16. The van der Waals surface area contributed by atoms with Crippen LogP contribution in [-0.2, 0) is 25.3 Å². The average molecular weight is 643 g/mol. The molecule has 1 aromatic heterocycles. The second-order valence-corrected chi connectivity index (χ2v) is 11.6. The van der Waals surface area contributed by atoms with E-state index in [9.17, 15) is 32.3 Å². The number of anilines is 1. The first kappa shape index (κ1) is 27.5. The SMILES string of the molecule is CCOC(=O)COc1ccc(Br)cc1[C@@H]1c2sc(=O)[nH]c2S[C@H]2C(=O)N(c3ccccc3C(F)(F)F)C(=O)[C@@H]12. The molecule has 8 nitrogen and oxygen atoms in total. The summed E-state index contributed by atoms with van der Waals surface area (Å²) < 4.78 is 52.7. The van der Waals surface area contributed by atoms with Crippen molar-refractivity contribution in [3.05, 3.63) is 72.6 Å². The smallest absolute Gasteiger partial charge is 0.418 e. The van der Waals surface area contributed by atoms with Crippen LogP contribution in [0.2, 0.25) is 0 Å². The number of benzene rings is 2. The summed E-state index contributed by atoms with van der Waals surface area (Å²) in [4.78, 5) is 55.1. The molecule has 2 amide bonds. The van der Waals surface area contributed by atoms with Crippen molar-refractivity contribution in [2.75, 3.05) is 18.1 Å². The third kappa shape index (κ3) is 5.00. The number of esters is 1. The number of carbonyl (C=O) groups is 3. The fourth-order valence-corrected chi connectivity index (χ4v) is 7.62. The van der Waals surface area contributed by atoms with Crippen LogP contribution in [0.3, 0.4) is 0 Å². The van der Waals surface area contributed by atoms with E-state index in [0.717, 1.165) is 35.2 Å². The summed E-state index contributed by atoms with van der Waals surface area (Å²) in [6.07, 6.45) is -4.81. The van der Waals surface area contributed by atoms with Gasteiger partial charge in [0.05, 0.1) is 28.8 Å². The number of para-hydroxylation sites is 1. The molecular weight excluding hydrogens is 625 g/mol. The lowest BCUT2D eigenvalue weighted by Gasteiger charge is -2.31. The zero-order chi connectivity index (χ0) is 28.1. The van der Waals surface area contributed by atoms with Crippen LogP contribution in [0.15, 0.2) is 56.8 Å². The molecular formula is C25H18BrF3N2O6S2. The molecule has 3 aromatic rings. The number of amides is 2. The summed E-state index contributed by atoms with van der Waals surface area (Å²) in [7, 11) is 0. The third-order valence-electron chi connectivity index (χ3n) is 6.23. The lowest BCUT2D eigenvalue weighted by molar-refractivity contribution is -0.145. The van der Waals surface area contributed by atoms with Crippen LogP contribution in [-0.4, -0.2) is 41.2 Å². The Bertz CT molecular complexity index is 1540. The fourth-order valence-electron chi connectivity index (χ4n) is 4.73. The van der Waals surface area contributed by atoms with Crippen LogP contribution in [0.25, 0.3) is 0 Å². The van der Waals surface area contributed by atoms with Crippen LogP contribution in [0.4, 0.5) is 18.9 Å². The van der Waals surface area contributed by atoms with E-state index in [1.807, 2.05) is 0 Å². The number of alkyl halides is 3. The largest absolute Gasteiger partial charge is 0.482 e. The highest BCUT2D eigenvalue weighted by molar-refractivity contribution is 9.10. The Kier molecular flexibility index (Phi) is 7.37. The predicted molar refractivity (Wildman–Crippen MR) is 140 cm³/mol. The standard InChI is InChI=1S/C25H18BrF3N2O6S2/c1-2-36-16(32)10-37-15-8-7-11(26)9-12(15)17-18-20(38-21-19(17)39-24(35)30-21)23(34)31(22(18)33)14-6-4-3-5-13(14)25(27,28)29/h3-9,17-18,20H,2,10H2,1H3,(H,30,35)/t17-,18-,20+/m0/s1. The fraction of sp³-hybridized carbons (Fsp3) is 0.280. The van der Waals surface area contributed by atoms with Crippen molar-refractivity contribution in [3.8, 4) is 5.75 Å². The highest BCUT2D eigenvalue weighted by Crippen LogP contribution is 2.55. The van der Waals surface area contributed by atoms with Gasteiger partial charge in [0.2, 0.25) is 11.8 Å². The Labute approximate surface area is 235 Å². The van der Waals surface area contributed by atoms with E-state index >= 15 is 0 Å². The van der Waals surface area contributed by atoms with E-state index in [1.165, 1.54) is 12.1 Å². The van der Waals surface area contributed by atoms with Crippen LogP contribution >= 0.6 is 39.0 Å². The molecule has 1 fully saturated rings. The van der Waals surface area contributed by atoms with Gasteiger partial charge in [0, 0.05) is 20.8 Å². The number of H-pyrrole nitrogens is 1. The van der Waals surface area contributed by atoms with Gasteiger partial charge < -0.3 is 14.5 Å². The van der Waals surface area contributed by atoms with E-state index in [2.05, 4.69) is 20.9 Å². The van der Waals surface area contributed by atoms with Gasteiger partial charge in [-0.2, -0.15) is 13.2 Å². The Balaban J connectivity index is 1.64. The number of hydrogen-bond donors (Lipinski definition) is 1. The molecule has 14 heteroatoms. The van der Waals surface area contributed by atoms with Gasteiger partial charge in [0.25, 0.3) is 0 Å². The highest BCUT2D eigenvalue weighted by atomic mass is 79.9. The molecule has 0 spiro atoms. The van der Waals surface area contributed by atoms with Crippen molar-refractivity contribution in [1.82, 2.24) is 4.98 Å². The second kappa shape index (κ2) is 10.5. The number of carbonyl (C=O) groups excluding carboxylic acids is 3. The number of ether oxygens (including phenoxy) is 2. The quantitative estimate of drug-likeness (QED) is 0.299. The number of nitrogens with zero attached hydrogens (tertiary/aromatic N) is 1. The number of thiazole rings is 1. The molecule has 3 atom stereocenters. The lowest BCUT2D eigenvalue weighted by atomic mass is 9.82. The Hall–Kier alpha value is -3.10. The maximum atomic E-state index is 13.9.